The van der Waals surface area contributed by atoms with Gasteiger partial charge in [0.25, 0.3) is 0 Å². The maximum atomic E-state index is 13.6. The number of amides is 2. The average Bonchev–Trinajstić information content (AvgIpc) is 3.80. The minimum atomic E-state index is -0.283. The van der Waals surface area contributed by atoms with Gasteiger partial charge in [-0.15, -0.1) is 5.10 Å². The molecule has 0 spiro atoms. The first-order valence-electron chi connectivity index (χ1n) is 26.0. The Kier molecular flexibility index (Phi) is 14.7. The number of carbonyl (C=O) groups is 2. The zero-order valence-electron chi connectivity index (χ0n) is 41.7. The minimum absolute atomic E-state index is 0.0293. The summed E-state index contributed by atoms with van der Waals surface area (Å²) in [6, 6.07) is 25.7. The van der Waals surface area contributed by atoms with Crippen LogP contribution in [0.5, 0.6) is 17.5 Å². The lowest BCUT2D eigenvalue weighted by atomic mass is 9.95. The van der Waals surface area contributed by atoms with E-state index in [2.05, 4.69) is 89.7 Å². The number of hydrogen-bond donors (Lipinski definition) is 4. The number of carbonyl (C=O) groups excluding carboxylic acids is 2. The quantitative estimate of drug-likeness (QED) is 0.0884. The number of likely N-dealkylation sites (tertiary alicyclic amines) is 1. The van der Waals surface area contributed by atoms with Crippen LogP contribution in [0.3, 0.4) is 0 Å². The molecule has 3 saturated heterocycles. The highest BCUT2D eigenvalue weighted by Gasteiger charge is 2.30. The van der Waals surface area contributed by atoms with Crippen LogP contribution in [0.25, 0.3) is 27.8 Å². The lowest BCUT2D eigenvalue weighted by Gasteiger charge is -2.39. The van der Waals surface area contributed by atoms with Crippen molar-refractivity contribution >= 4 is 40.0 Å². The summed E-state index contributed by atoms with van der Waals surface area (Å²) in [5.74, 6) is 2.60. The highest BCUT2D eigenvalue weighted by atomic mass is 16.3. The van der Waals surface area contributed by atoms with Crippen LogP contribution >= 0.6 is 0 Å². The zero-order chi connectivity index (χ0) is 49.7. The molecule has 72 heavy (non-hydrogen) atoms. The first-order chi connectivity index (χ1) is 35.1. The SMILES string of the molecule is CCCc1cc(-c2nnc(O)n2-c2ccc(CN3CCN(CC4CCN(C(=O)CCNc5nc6c(c(N7CCN(C(=O)CC)CC7)n5)CCN(c5cccc7ccccc57)C6)CC4)CC3)cc2)c(O)cc1O. The normalized spacial score (nSPS) is 17.1. The molecular formula is C55H68N12O5. The molecule has 0 unspecified atom stereocenters. The van der Waals surface area contributed by atoms with Gasteiger partial charge in [0.15, 0.2) is 5.82 Å². The van der Waals surface area contributed by atoms with E-state index in [9.17, 15) is 24.9 Å². The molecule has 4 aliphatic rings. The summed E-state index contributed by atoms with van der Waals surface area (Å²) in [6.45, 7) is 16.1. The van der Waals surface area contributed by atoms with Crippen LogP contribution in [0.1, 0.15) is 68.3 Å². The van der Waals surface area contributed by atoms with Crippen molar-refractivity contribution in [1.82, 2.24) is 44.3 Å². The van der Waals surface area contributed by atoms with Crippen molar-refractivity contribution < 1.29 is 24.9 Å². The number of nitrogens with zero attached hydrogens (tertiary/aromatic N) is 11. The molecule has 4 N–H and O–H groups in total. The van der Waals surface area contributed by atoms with E-state index < -0.39 is 0 Å². The van der Waals surface area contributed by atoms with Gasteiger partial charge in [0, 0.05) is 127 Å². The highest BCUT2D eigenvalue weighted by Crippen LogP contribution is 2.38. The Balaban J connectivity index is 0.693. The van der Waals surface area contributed by atoms with E-state index in [1.54, 1.807) is 6.07 Å². The Morgan fingerprint density at radius 2 is 1.46 bits per heavy atom. The predicted molar refractivity (Wildman–Crippen MR) is 280 cm³/mol. The molecule has 0 aliphatic carbocycles. The average molecular weight is 977 g/mol. The summed E-state index contributed by atoms with van der Waals surface area (Å²) < 4.78 is 1.51. The van der Waals surface area contributed by atoms with E-state index >= 15 is 0 Å². The molecular weight excluding hydrogens is 909 g/mol. The van der Waals surface area contributed by atoms with E-state index in [4.69, 9.17) is 9.97 Å². The van der Waals surface area contributed by atoms with Gasteiger partial charge in [0.1, 0.15) is 17.3 Å². The molecule has 4 aromatic carbocycles. The van der Waals surface area contributed by atoms with E-state index in [0.29, 0.717) is 79.9 Å². The van der Waals surface area contributed by atoms with Crippen molar-refractivity contribution in [3.8, 4) is 34.6 Å². The maximum absolute atomic E-state index is 13.6. The molecule has 17 nitrogen and oxygen atoms in total. The van der Waals surface area contributed by atoms with Crippen molar-refractivity contribution in [2.24, 2.45) is 5.92 Å². The second kappa shape index (κ2) is 21.8. The predicted octanol–water partition coefficient (Wildman–Crippen LogP) is 6.43. The first-order valence-corrected chi connectivity index (χ1v) is 26.0. The summed E-state index contributed by atoms with van der Waals surface area (Å²) in [5.41, 5.74) is 6.30. The largest absolute Gasteiger partial charge is 0.508 e. The van der Waals surface area contributed by atoms with Gasteiger partial charge < -0.3 is 45.1 Å². The van der Waals surface area contributed by atoms with Gasteiger partial charge in [0.05, 0.1) is 23.5 Å². The number of aryl methyl sites for hydroxylation is 1. The van der Waals surface area contributed by atoms with Gasteiger partial charge in [-0.25, -0.2) is 9.55 Å². The molecule has 6 aromatic rings. The number of piperazine rings is 2. The molecule has 6 heterocycles. The fourth-order valence-corrected chi connectivity index (χ4v) is 11.1. The summed E-state index contributed by atoms with van der Waals surface area (Å²) >= 11 is 0. The van der Waals surface area contributed by atoms with E-state index in [1.807, 2.05) is 35.8 Å². The standard InChI is InChI=1S/C55H68N12O5/c1-3-8-41-33-45(49(69)34-48(41)68)53-59-60-55(72)67(53)42-15-13-38(14-16-42)35-61-25-27-62(28-26-61)36-39-18-22-63(23-19-39)51(71)17-21-56-54-57-46-37-66(47-12-7-10-40-9-5-6-11-43(40)47)24-20-44(46)52(58-54)65-31-29-64(30-32-65)50(70)4-2/h5-7,9-16,33-34,39,68-69H,3-4,8,17-32,35-37H2,1-2H3,(H,60,72)(H,56,57,58). The molecule has 2 aromatic heterocycles. The van der Waals surface area contributed by atoms with Crippen LogP contribution in [0, 0.1) is 5.92 Å². The number of fused-ring (bicyclic) bond motifs is 2. The third-order valence-electron chi connectivity index (χ3n) is 15.2. The second-order valence-electron chi connectivity index (χ2n) is 19.8. The topological polar surface area (TPSA) is 183 Å². The molecule has 2 amide bonds. The Labute approximate surface area is 421 Å². The number of anilines is 3. The van der Waals surface area contributed by atoms with Crippen LogP contribution in [0.15, 0.2) is 78.9 Å². The van der Waals surface area contributed by atoms with Crippen LogP contribution < -0.4 is 15.1 Å². The number of nitrogens with one attached hydrogen (secondary N) is 1. The molecule has 10 rings (SSSR count). The van der Waals surface area contributed by atoms with E-state index in [-0.39, 0.29) is 29.3 Å². The number of phenolic OH excluding ortho intramolecular Hbond substituents is 2. The molecule has 378 valence electrons. The molecule has 0 radical (unpaired) electrons. The summed E-state index contributed by atoms with van der Waals surface area (Å²) in [4.78, 5) is 50.1. The monoisotopic (exact) mass is 977 g/mol. The number of piperidine rings is 1. The third-order valence-corrected chi connectivity index (χ3v) is 15.2. The Morgan fingerprint density at radius 3 is 2.22 bits per heavy atom. The van der Waals surface area contributed by atoms with E-state index in [1.165, 1.54) is 32.7 Å². The van der Waals surface area contributed by atoms with Gasteiger partial charge in [-0.1, -0.05) is 73.9 Å². The van der Waals surface area contributed by atoms with Crippen molar-refractivity contribution in [2.45, 2.75) is 71.9 Å². The number of aromatic nitrogens is 5. The van der Waals surface area contributed by atoms with Gasteiger partial charge in [-0.2, -0.15) is 4.98 Å². The lowest BCUT2D eigenvalue weighted by molar-refractivity contribution is -0.132. The van der Waals surface area contributed by atoms with Crippen molar-refractivity contribution in [3.63, 3.8) is 0 Å². The maximum Gasteiger partial charge on any atom is 0.319 e. The molecule has 3 fully saturated rings. The number of aromatic hydroxyl groups is 3. The summed E-state index contributed by atoms with van der Waals surface area (Å²) in [5, 5.41) is 45.7. The second-order valence-corrected chi connectivity index (χ2v) is 19.8. The zero-order valence-corrected chi connectivity index (χ0v) is 41.7. The molecule has 17 heteroatoms. The number of hydrogen-bond acceptors (Lipinski definition) is 14. The van der Waals surface area contributed by atoms with Gasteiger partial charge in [-0.05, 0) is 72.4 Å². The van der Waals surface area contributed by atoms with Crippen LogP contribution in [0.2, 0.25) is 0 Å². The molecule has 0 bridgehead atoms. The van der Waals surface area contributed by atoms with Gasteiger partial charge >= 0.3 is 6.01 Å². The highest BCUT2D eigenvalue weighted by molar-refractivity contribution is 5.94. The third kappa shape index (κ3) is 10.6. The van der Waals surface area contributed by atoms with Gasteiger partial charge in [-0.3, -0.25) is 14.5 Å². The fraction of sp³-hybridized carbons (Fsp3) is 0.455. The minimum Gasteiger partial charge on any atom is -0.508 e. The van der Waals surface area contributed by atoms with Crippen molar-refractivity contribution in [2.75, 3.05) is 100 Å². The van der Waals surface area contributed by atoms with Gasteiger partial charge in [0.2, 0.25) is 17.8 Å². The number of phenols is 2. The van der Waals surface area contributed by atoms with Crippen molar-refractivity contribution in [1.29, 1.82) is 0 Å². The number of rotatable bonds is 15. The smallest absolute Gasteiger partial charge is 0.319 e. The lowest BCUT2D eigenvalue weighted by Crippen LogP contribution is -2.49. The first kappa shape index (κ1) is 48.6. The van der Waals surface area contributed by atoms with Crippen LogP contribution in [-0.2, 0) is 35.5 Å². The Hall–Kier alpha value is -6.98. The molecule has 0 atom stereocenters. The Bertz CT molecular complexity index is 2860. The van der Waals surface area contributed by atoms with E-state index in [0.717, 1.165) is 115 Å². The summed E-state index contributed by atoms with van der Waals surface area (Å²) in [6.07, 6.45) is 5.18. The molecule has 0 saturated carbocycles. The Morgan fingerprint density at radius 1 is 0.722 bits per heavy atom. The van der Waals surface area contributed by atoms with Crippen LogP contribution in [-0.4, -0.2) is 157 Å². The fourth-order valence-electron chi connectivity index (χ4n) is 11.1. The molecule has 4 aliphatic heterocycles. The number of benzene rings is 4. The summed E-state index contributed by atoms with van der Waals surface area (Å²) in [7, 11) is 0. The van der Waals surface area contributed by atoms with Crippen molar-refractivity contribution in [3.05, 3.63) is 101 Å². The van der Waals surface area contributed by atoms with Crippen LogP contribution in [0.4, 0.5) is 17.5 Å².